The van der Waals surface area contributed by atoms with Crippen molar-refractivity contribution in [2.75, 3.05) is 14.1 Å². The third-order valence-corrected chi connectivity index (χ3v) is 9.47. The Morgan fingerprint density at radius 1 is 0.850 bits per heavy atom. The van der Waals surface area contributed by atoms with Gasteiger partial charge in [0.2, 0.25) is 0 Å². The van der Waals surface area contributed by atoms with E-state index in [9.17, 15) is 9.59 Å². The Hall–Kier alpha value is -3.24. The molecule has 4 heteroatoms. The van der Waals surface area contributed by atoms with E-state index < -0.39 is 5.54 Å². The van der Waals surface area contributed by atoms with Crippen molar-refractivity contribution in [2.45, 2.75) is 83.7 Å². The van der Waals surface area contributed by atoms with Crippen molar-refractivity contribution >= 4 is 33.4 Å². The number of ketones is 2. The first kappa shape index (κ1) is 28.3. The van der Waals surface area contributed by atoms with E-state index in [1.807, 2.05) is 44.4 Å². The van der Waals surface area contributed by atoms with Crippen LogP contribution < -0.4 is 0 Å². The molecule has 4 nitrogen and oxygen atoms in total. The molecule has 0 aliphatic heterocycles. The van der Waals surface area contributed by atoms with Crippen LogP contribution in [0.4, 0.5) is 0 Å². The summed E-state index contributed by atoms with van der Waals surface area (Å²) in [5.74, 6) is 1.07. The van der Waals surface area contributed by atoms with E-state index >= 15 is 0 Å². The first-order valence-electron chi connectivity index (χ1n) is 15.2. The number of carbonyl (C=O) groups excluding carboxylic acids is 2. The van der Waals surface area contributed by atoms with Crippen LogP contribution in [-0.2, 0) is 13.0 Å². The van der Waals surface area contributed by atoms with Gasteiger partial charge in [0, 0.05) is 45.9 Å². The molecule has 0 radical (unpaired) electrons. The zero-order valence-electron chi connectivity index (χ0n) is 24.7. The number of carbonyl (C=O) groups is 2. The Bertz CT molecular complexity index is 1490. The minimum Gasteiger partial charge on any atom is -0.341 e. The zero-order chi connectivity index (χ0) is 28.3. The van der Waals surface area contributed by atoms with Crippen LogP contribution in [0.2, 0.25) is 0 Å². The molecule has 210 valence electrons. The van der Waals surface area contributed by atoms with Crippen molar-refractivity contribution in [2.24, 2.45) is 5.92 Å². The van der Waals surface area contributed by atoms with Gasteiger partial charge in [-0.2, -0.15) is 0 Å². The Morgan fingerprint density at radius 3 is 2.08 bits per heavy atom. The molecule has 0 amide bonds. The van der Waals surface area contributed by atoms with E-state index in [0.717, 1.165) is 51.5 Å². The summed E-state index contributed by atoms with van der Waals surface area (Å²) in [4.78, 5) is 29.7. The molecule has 1 saturated carbocycles. The maximum Gasteiger partial charge on any atom is 0.183 e. The second-order valence-corrected chi connectivity index (χ2v) is 11.9. The number of fused-ring (bicyclic) bond motifs is 3. The van der Waals surface area contributed by atoms with Crippen molar-refractivity contribution in [3.63, 3.8) is 0 Å². The lowest BCUT2D eigenvalue weighted by Gasteiger charge is -2.38. The Morgan fingerprint density at radius 2 is 1.48 bits per heavy atom. The van der Waals surface area contributed by atoms with Crippen LogP contribution in [0.25, 0.3) is 21.8 Å². The van der Waals surface area contributed by atoms with Crippen molar-refractivity contribution in [1.29, 1.82) is 0 Å². The minimum absolute atomic E-state index is 0.142. The molecule has 0 saturated heterocycles. The van der Waals surface area contributed by atoms with Crippen LogP contribution in [0, 0.1) is 5.92 Å². The average Bonchev–Trinajstić information content (AvgIpc) is 3.31. The molecule has 0 bridgehead atoms. The van der Waals surface area contributed by atoms with Gasteiger partial charge < -0.3 is 4.57 Å². The number of aromatic nitrogens is 1. The van der Waals surface area contributed by atoms with E-state index in [-0.39, 0.29) is 11.6 Å². The van der Waals surface area contributed by atoms with Crippen LogP contribution in [0.15, 0.2) is 66.7 Å². The lowest BCUT2D eigenvalue weighted by atomic mass is 9.80. The van der Waals surface area contributed by atoms with Crippen molar-refractivity contribution < 1.29 is 9.59 Å². The lowest BCUT2D eigenvalue weighted by molar-refractivity contribution is 0.0666. The lowest BCUT2D eigenvalue weighted by Crippen LogP contribution is -2.52. The van der Waals surface area contributed by atoms with Crippen molar-refractivity contribution in [1.82, 2.24) is 9.47 Å². The molecule has 1 aromatic heterocycles. The highest BCUT2D eigenvalue weighted by atomic mass is 16.1. The first-order valence-corrected chi connectivity index (χ1v) is 15.2. The van der Waals surface area contributed by atoms with Gasteiger partial charge in [-0.15, -0.1) is 0 Å². The maximum absolute atomic E-state index is 14.3. The van der Waals surface area contributed by atoms with Crippen LogP contribution in [0.3, 0.4) is 0 Å². The van der Waals surface area contributed by atoms with E-state index in [1.165, 1.54) is 32.1 Å². The second kappa shape index (κ2) is 12.1. The van der Waals surface area contributed by atoms with Gasteiger partial charge in [-0.3, -0.25) is 14.5 Å². The van der Waals surface area contributed by atoms with Gasteiger partial charge in [-0.25, -0.2) is 0 Å². The molecule has 1 unspecified atom stereocenters. The molecule has 3 aromatic carbocycles. The molecule has 0 N–H and O–H groups in total. The second-order valence-electron chi connectivity index (χ2n) is 11.9. The number of nitrogens with zero attached hydrogens (tertiary/aromatic N) is 2. The van der Waals surface area contributed by atoms with Crippen LogP contribution >= 0.6 is 0 Å². The third kappa shape index (κ3) is 5.39. The van der Waals surface area contributed by atoms with Gasteiger partial charge in [0.25, 0.3) is 0 Å². The number of likely N-dealkylation sites (N-methyl/N-ethyl adjacent to an activating group) is 1. The normalized spacial score (nSPS) is 16.0. The fourth-order valence-corrected chi connectivity index (χ4v) is 6.96. The number of hydrogen-bond donors (Lipinski definition) is 0. The van der Waals surface area contributed by atoms with Crippen LogP contribution in [0.1, 0.15) is 91.5 Å². The van der Waals surface area contributed by atoms with Crippen LogP contribution in [0.5, 0.6) is 0 Å². The quantitative estimate of drug-likeness (QED) is 0.181. The van der Waals surface area contributed by atoms with Crippen molar-refractivity contribution in [3.05, 3.63) is 83.4 Å². The van der Waals surface area contributed by atoms with E-state index in [4.69, 9.17) is 0 Å². The molecular formula is C36H44N2O2. The SMILES string of the molecule is CCn1c2ccc(C(=O)CCC3CCCCC3)cc2c2cc(C(=O)C(CC)(Cc3ccccc3)N(C)C)ccc21. The largest absolute Gasteiger partial charge is 0.341 e. The highest BCUT2D eigenvalue weighted by molar-refractivity contribution is 6.14. The smallest absolute Gasteiger partial charge is 0.183 e. The molecule has 4 aromatic rings. The summed E-state index contributed by atoms with van der Waals surface area (Å²) < 4.78 is 2.29. The molecule has 40 heavy (non-hydrogen) atoms. The summed E-state index contributed by atoms with van der Waals surface area (Å²) in [6.45, 7) is 5.08. The fourth-order valence-electron chi connectivity index (χ4n) is 6.96. The molecule has 5 rings (SSSR count). The third-order valence-electron chi connectivity index (χ3n) is 9.47. The van der Waals surface area contributed by atoms with Gasteiger partial charge in [-0.05, 0) is 88.2 Å². The highest BCUT2D eigenvalue weighted by Gasteiger charge is 2.39. The number of rotatable bonds is 11. The molecule has 0 spiro atoms. The predicted molar refractivity (Wildman–Crippen MR) is 166 cm³/mol. The number of hydrogen-bond acceptors (Lipinski definition) is 3. The Kier molecular flexibility index (Phi) is 8.56. The monoisotopic (exact) mass is 536 g/mol. The summed E-state index contributed by atoms with van der Waals surface area (Å²) in [7, 11) is 4.02. The van der Waals surface area contributed by atoms with Gasteiger partial charge >= 0.3 is 0 Å². The van der Waals surface area contributed by atoms with E-state index in [2.05, 4.69) is 59.7 Å². The van der Waals surface area contributed by atoms with Crippen LogP contribution in [-0.4, -0.2) is 40.7 Å². The van der Waals surface area contributed by atoms with Gasteiger partial charge in [0.1, 0.15) is 0 Å². The summed E-state index contributed by atoms with van der Waals surface area (Å²) in [5, 5.41) is 2.11. The predicted octanol–water partition coefficient (Wildman–Crippen LogP) is 8.49. The minimum atomic E-state index is -0.640. The van der Waals surface area contributed by atoms with E-state index in [0.29, 0.717) is 25.2 Å². The number of Topliss-reactive ketones (excluding diaryl/α,β-unsaturated/α-hetero) is 2. The maximum atomic E-state index is 14.3. The fraction of sp³-hybridized carbons (Fsp3) is 0.444. The molecule has 1 aliphatic carbocycles. The highest BCUT2D eigenvalue weighted by Crippen LogP contribution is 2.34. The summed E-state index contributed by atoms with van der Waals surface area (Å²) in [5.41, 5.74) is 4.25. The van der Waals surface area contributed by atoms with Crippen molar-refractivity contribution in [3.8, 4) is 0 Å². The molecule has 1 aliphatic rings. The topological polar surface area (TPSA) is 42.3 Å². The first-order chi connectivity index (χ1) is 19.4. The summed E-state index contributed by atoms with van der Waals surface area (Å²) >= 11 is 0. The van der Waals surface area contributed by atoms with E-state index in [1.54, 1.807) is 0 Å². The Labute approximate surface area is 239 Å². The molecule has 1 atom stereocenters. The average molecular weight is 537 g/mol. The van der Waals surface area contributed by atoms with Gasteiger partial charge in [-0.1, -0.05) is 69.4 Å². The Balaban J connectivity index is 1.51. The molecule has 1 fully saturated rings. The zero-order valence-corrected chi connectivity index (χ0v) is 24.7. The number of aryl methyl sites for hydroxylation is 1. The summed E-state index contributed by atoms with van der Waals surface area (Å²) in [6, 6.07) is 22.6. The summed E-state index contributed by atoms with van der Waals surface area (Å²) in [6.07, 6.45) is 9.47. The number of benzene rings is 3. The van der Waals surface area contributed by atoms with Gasteiger partial charge in [0.05, 0.1) is 5.54 Å². The molecular weight excluding hydrogens is 492 g/mol. The van der Waals surface area contributed by atoms with Gasteiger partial charge in [0.15, 0.2) is 11.6 Å². The molecule has 1 heterocycles. The standard InChI is InChI=1S/C36H44N2O2/c1-5-36(37(3)4,25-27-15-11-8-12-16-27)35(40)29-19-21-33-31(24-29)30-23-28(18-20-32(30)38(33)6-2)34(39)22-17-26-13-9-7-10-14-26/h8,11-12,15-16,18-21,23-24,26H,5-7,9-10,13-14,17,22,25H2,1-4H3.